The van der Waals surface area contributed by atoms with Gasteiger partial charge in [-0.1, -0.05) is 13.8 Å². The van der Waals surface area contributed by atoms with Crippen LogP contribution < -0.4 is 20.6 Å². The summed E-state index contributed by atoms with van der Waals surface area (Å²) in [4.78, 5) is 64.7. The maximum Gasteiger partial charge on any atom is 0.237 e. The summed E-state index contributed by atoms with van der Waals surface area (Å²) in [6.07, 6.45) is 0. The van der Waals surface area contributed by atoms with Crippen LogP contribution in [0.3, 0.4) is 0 Å². The molecule has 1 rings (SSSR count). The van der Waals surface area contributed by atoms with Crippen molar-refractivity contribution in [1.29, 1.82) is 0 Å². The number of hydrogen-bond acceptors (Lipinski definition) is 12. The molecule has 1 aliphatic rings. The van der Waals surface area contributed by atoms with E-state index in [-0.39, 0.29) is 96.1 Å². The van der Waals surface area contributed by atoms with Gasteiger partial charge < -0.3 is 35.0 Å². The molecule has 0 aromatic rings. The average Bonchev–Trinajstić information content (AvgIpc) is 2.75. The van der Waals surface area contributed by atoms with Crippen molar-refractivity contribution in [1.82, 2.24) is 24.9 Å². The van der Waals surface area contributed by atoms with E-state index in [1.165, 1.54) is 0 Å². The van der Waals surface area contributed by atoms with Crippen molar-refractivity contribution in [3.8, 4) is 0 Å². The predicted octanol–water partition coefficient (Wildman–Crippen LogP) is -5.81. The Balaban J connectivity index is 3.01. The summed E-state index contributed by atoms with van der Waals surface area (Å²) < 4.78 is 0. The van der Waals surface area contributed by atoms with Gasteiger partial charge >= 0.3 is 0 Å². The Kier molecular flexibility index (Phi) is 13.4. The minimum Gasteiger partial charge on any atom is -0.549 e. The second-order valence-corrected chi connectivity index (χ2v) is 9.00. The van der Waals surface area contributed by atoms with Crippen LogP contribution in [0.4, 0.5) is 0 Å². The Morgan fingerprint density at radius 1 is 0.657 bits per heavy atom. The summed E-state index contributed by atoms with van der Waals surface area (Å²) in [7, 11) is 0. The van der Waals surface area contributed by atoms with E-state index >= 15 is 0 Å². The minimum atomic E-state index is -1.29. The van der Waals surface area contributed by atoms with Gasteiger partial charge in [0, 0.05) is 77.9 Å². The van der Waals surface area contributed by atoms with Gasteiger partial charge in [0.05, 0.1) is 30.5 Å². The van der Waals surface area contributed by atoms with Crippen LogP contribution in [-0.4, -0.2) is 134 Å². The molecular weight excluding hydrogens is 462 g/mol. The number of rotatable bonds is 11. The zero-order valence-electron chi connectivity index (χ0n) is 20.7. The van der Waals surface area contributed by atoms with E-state index in [1.54, 1.807) is 40.4 Å². The highest BCUT2D eigenvalue weighted by Crippen LogP contribution is 2.05. The van der Waals surface area contributed by atoms with E-state index < -0.39 is 23.9 Å². The van der Waals surface area contributed by atoms with Crippen LogP contribution in [0.25, 0.3) is 0 Å². The third kappa shape index (κ3) is 12.6. The lowest BCUT2D eigenvalue weighted by Gasteiger charge is -2.36. The lowest BCUT2D eigenvalue weighted by atomic mass is 10.1. The summed E-state index contributed by atoms with van der Waals surface area (Å²) in [6, 6.07) is -0.665. The molecule has 1 aliphatic heterocycles. The highest BCUT2D eigenvalue weighted by Gasteiger charge is 2.24. The second-order valence-electron chi connectivity index (χ2n) is 9.00. The molecular formula is C22H36N5O8-3. The molecule has 0 saturated carbocycles. The van der Waals surface area contributed by atoms with Gasteiger partial charge in [0.25, 0.3) is 0 Å². The molecule has 0 aliphatic carbocycles. The zero-order chi connectivity index (χ0) is 26.5. The fourth-order valence-electron chi connectivity index (χ4n) is 3.65. The molecule has 1 saturated heterocycles. The van der Waals surface area contributed by atoms with Gasteiger partial charge in [-0.2, -0.15) is 0 Å². The molecule has 1 amide bonds. The van der Waals surface area contributed by atoms with Crippen LogP contribution in [0.2, 0.25) is 0 Å². The summed E-state index contributed by atoms with van der Waals surface area (Å²) >= 11 is 0. The summed E-state index contributed by atoms with van der Waals surface area (Å²) in [5, 5.41) is 36.2. The van der Waals surface area contributed by atoms with Gasteiger partial charge in [-0.25, -0.2) is 0 Å². The fraction of sp³-hybridized carbons (Fsp3) is 0.773. The largest absolute Gasteiger partial charge is 0.549 e. The monoisotopic (exact) mass is 498 g/mol. The first-order valence-corrected chi connectivity index (χ1v) is 11.7. The number of nitrogens with one attached hydrogen (secondary N) is 1. The second kappa shape index (κ2) is 15.4. The standard InChI is InChI=1S/C22H39N5O8/c1-16(2)18(28)12-23-22(35)17(3)27-10-8-25(14-20(31)32)6-4-24(13-19(29)30)5-7-26(9-11-27)15-21(33)34/h16-17H,4-15H2,1-3H3,(H,23,35)(H,29,30)(H,31,32)(H,33,34)/p-3. The SMILES string of the molecule is CC(C)C(=O)CNC(=O)C(C)N1CCN(CC(=O)[O-])CCN(CC(=O)[O-])CCN(CC(=O)[O-])CC1. The van der Waals surface area contributed by atoms with E-state index in [0.29, 0.717) is 0 Å². The first-order valence-electron chi connectivity index (χ1n) is 11.7. The molecule has 1 atom stereocenters. The maximum absolute atomic E-state index is 12.7. The quantitative estimate of drug-likeness (QED) is 0.285. The summed E-state index contributed by atoms with van der Waals surface area (Å²) in [6.45, 7) is 5.84. The molecule has 0 aromatic carbocycles. The minimum absolute atomic E-state index is 0.101. The molecule has 0 spiro atoms. The highest BCUT2D eigenvalue weighted by atomic mass is 16.4. The predicted molar refractivity (Wildman–Crippen MR) is 118 cm³/mol. The van der Waals surface area contributed by atoms with E-state index in [4.69, 9.17) is 0 Å². The number of hydrogen-bond donors (Lipinski definition) is 1. The molecule has 0 aromatic heterocycles. The van der Waals surface area contributed by atoms with Crippen molar-refractivity contribution in [2.24, 2.45) is 5.92 Å². The maximum atomic E-state index is 12.7. The van der Waals surface area contributed by atoms with E-state index in [9.17, 15) is 39.3 Å². The number of aliphatic carboxylic acids is 3. The number of carbonyl (C=O) groups excluding carboxylic acids is 5. The molecule has 1 N–H and O–H groups in total. The van der Waals surface area contributed by atoms with Gasteiger partial charge in [-0.05, 0) is 6.92 Å². The number of carbonyl (C=O) groups is 5. The Labute approximate surface area is 205 Å². The molecule has 0 radical (unpaired) electrons. The molecule has 35 heavy (non-hydrogen) atoms. The summed E-state index contributed by atoms with van der Waals surface area (Å²) in [5.41, 5.74) is 0. The van der Waals surface area contributed by atoms with Crippen LogP contribution >= 0.6 is 0 Å². The van der Waals surface area contributed by atoms with Gasteiger partial charge in [0.15, 0.2) is 5.78 Å². The van der Waals surface area contributed by atoms with E-state index in [2.05, 4.69) is 5.32 Å². The van der Waals surface area contributed by atoms with E-state index in [0.717, 1.165) is 0 Å². The first kappa shape index (κ1) is 30.4. The van der Waals surface area contributed by atoms with Crippen LogP contribution in [-0.2, 0) is 24.0 Å². The molecule has 200 valence electrons. The van der Waals surface area contributed by atoms with Crippen LogP contribution in [0.5, 0.6) is 0 Å². The number of Topliss-reactive ketones (excluding diaryl/α,β-unsaturated/α-hetero) is 1. The van der Waals surface area contributed by atoms with Crippen molar-refractivity contribution in [3.05, 3.63) is 0 Å². The molecule has 0 bridgehead atoms. The Morgan fingerprint density at radius 3 is 1.31 bits per heavy atom. The van der Waals surface area contributed by atoms with Crippen molar-refractivity contribution in [2.75, 3.05) is 78.5 Å². The van der Waals surface area contributed by atoms with Crippen molar-refractivity contribution < 1.29 is 39.3 Å². The third-order valence-corrected chi connectivity index (χ3v) is 5.94. The topological polar surface area (TPSA) is 180 Å². The molecule has 13 nitrogen and oxygen atoms in total. The van der Waals surface area contributed by atoms with Gasteiger partial charge in [0.2, 0.25) is 5.91 Å². The summed E-state index contributed by atoms with van der Waals surface area (Å²) in [5.74, 6) is -4.57. The molecule has 1 fully saturated rings. The smallest absolute Gasteiger partial charge is 0.237 e. The van der Waals surface area contributed by atoms with Crippen molar-refractivity contribution >= 4 is 29.6 Å². The zero-order valence-corrected chi connectivity index (χ0v) is 20.7. The molecule has 13 heteroatoms. The average molecular weight is 499 g/mol. The Bertz CT molecular complexity index is 715. The number of nitrogens with zero attached hydrogens (tertiary/aromatic N) is 4. The fourth-order valence-corrected chi connectivity index (χ4v) is 3.65. The van der Waals surface area contributed by atoms with Crippen LogP contribution in [0.1, 0.15) is 20.8 Å². The van der Waals surface area contributed by atoms with Gasteiger partial charge in [-0.15, -0.1) is 0 Å². The van der Waals surface area contributed by atoms with Gasteiger partial charge in [0.1, 0.15) is 0 Å². The molecule has 1 heterocycles. The normalized spacial score (nSPS) is 18.9. The number of amides is 1. The lowest BCUT2D eigenvalue weighted by Crippen LogP contribution is -2.54. The lowest BCUT2D eigenvalue weighted by molar-refractivity contribution is -0.308. The van der Waals surface area contributed by atoms with Crippen LogP contribution in [0.15, 0.2) is 0 Å². The highest BCUT2D eigenvalue weighted by molar-refractivity contribution is 5.89. The third-order valence-electron chi connectivity index (χ3n) is 5.94. The Hall–Kier alpha value is -2.61. The number of ketones is 1. The number of carboxylic acid groups (broad SMARTS) is 3. The molecule has 1 unspecified atom stereocenters. The number of carboxylic acids is 3. The van der Waals surface area contributed by atoms with Crippen LogP contribution in [0, 0.1) is 5.92 Å². The van der Waals surface area contributed by atoms with E-state index in [1.807, 2.05) is 0 Å². The Morgan fingerprint density at radius 2 is 1.00 bits per heavy atom. The van der Waals surface area contributed by atoms with Crippen molar-refractivity contribution in [2.45, 2.75) is 26.8 Å². The van der Waals surface area contributed by atoms with Gasteiger partial charge in [-0.3, -0.25) is 29.2 Å². The first-order chi connectivity index (χ1) is 16.4. The van der Waals surface area contributed by atoms with Crippen molar-refractivity contribution in [3.63, 3.8) is 0 Å².